The summed E-state index contributed by atoms with van der Waals surface area (Å²) in [5.41, 5.74) is 1.07. The molecule has 0 spiro atoms. The number of nitrogens with zero attached hydrogens (tertiary/aromatic N) is 3. The second kappa shape index (κ2) is 10.9. The molecule has 2 fully saturated rings. The number of piperazine rings is 1. The molecule has 0 unspecified atom stereocenters. The highest BCUT2D eigenvalue weighted by Crippen LogP contribution is 2.18. The molecule has 2 N–H and O–H groups in total. The zero-order chi connectivity index (χ0) is 22.3. The molecule has 1 aromatic rings. The van der Waals surface area contributed by atoms with E-state index in [2.05, 4.69) is 15.5 Å². The van der Waals surface area contributed by atoms with Gasteiger partial charge in [0.15, 0.2) is 0 Å². The second-order valence-corrected chi connectivity index (χ2v) is 10.3. The van der Waals surface area contributed by atoms with Crippen molar-refractivity contribution < 1.29 is 18.0 Å². The topological polar surface area (TPSA) is 102 Å². The fourth-order valence-electron chi connectivity index (χ4n) is 3.95. The number of rotatable bonds is 7. The molecule has 0 aliphatic carbocycles. The van der Waals surface area contributed by atoms with Crippen molar-refractivity contribution in [2.24, 2.45) is 5.92 Å². The first-order chi connectivity index (χ1) is 14.8. The number of amides is 3. The number of hydrogen-bond acceptors (Lipinski definition) is 5. The average Bonchev–Trinajstić information content (AvgIpc) is 2.77. The molecule has 172 valence electrons. The van der Waals surface area contributed by atoms with Gasteiger partial charge in [0.2, 0.25) is 15.9 Å². The lowest BCUT2D eigenvalue weighted by Crippen LogP contribution is -2.54. The second-order valence-electron chi connectivity index (χ2n) is 8.32. The predicted octanol–water partition coefficient (Wildman–Crippen LogP) is 0.302. The number of sulfonamides is 1. The Morgan fingerprint density at radius 3 is 2.23 bits per heavy atom. The third-order valence-corrected chi connectivity index (χ3v) is 7.25. The van der Waals surface area contributed by atoms with Crippen molar-refractivity contribution in [1.82, 2.24) is 24.7 Å². The molecule has 0 aromatic heterocycles. The summed E-state index contributed by atoms with van der Waals surface area (Å²) in [5, 5.41) is 5.93. The van der Waals surface area contributed by atoms with Crippen LogP contribution in [0.5, 0.6) is 0 Å². The first-order valence-electron chi connectivity index (χ1n) is 10.8. The Hall–Kier alpha value is -2.17. The van der Waals surface area contributed by atoms with Gasteiger partial charge in [-0.25, -0.2) is 17.5 Å². The normalized spacial score (nSPS) is 19.2. The lowest BCUT2D eigenvalue weighted by Gasteiger charge is -2.35. The van der Waals surface area contributed by atoms with Gasteiger partial charge in [-0.1, -0.05) is 30.3 Å². The molecule has 9 nitrogen and oxygen atoms in total. The summed E-state index contributed by atoms with van der Waals surface area (Å²) in [4.78, 5) is 28.5. The Bertz CT molecular complexity index is 833. The van der Waals surface area contributed by atoms with Gasteiger partial charge in [0.25, 0.3) is 0 Å². The molecule has 3 amide bonds. The molecule has 10 heteroatoms. The molecule has 3 rings (SSSR count). The Morgan fingerprint density at radius 2 is 1.61 bits per heavy atom. The molecule has 2 heterocycles. The maximum absolute atomic E-state index is 12.5. The van der Waals surface area contributed by atoms with Crippen LogP contribution in [-0.2, 0) is 21.4 Å². The van der Waals surface area contributed by atoms with E-state index < -0.39 is 10.0 Å². The highest BCUT2D eigenvalue weighted by Gasteiger charge is 2.26. The van der Waals surface area contributed by atoms with E-state index in [4.69, 9.17) is 0 Å². The van der Waals surface area contributed by atoms with Crippen LogP contribution < -0.4 is 10.6 Å². The molecule has 0 saturated carbocycles. The van der Waals surface area contributed by atoms with Crippen LogP contribution in [0.2, 0.25) is 0 Å². The lowest BCUT2D eigenvalue weighted by atomic mass is 9.98. The molecule has 0 radical (unpaired) electrons. The molecule has 31 heavy (non-hydrogen) atoms. The fourth-order valence-corrected chi connectivity index (χ4v) is 4.83. The number of nitrogens with one attached hydrogen (secondary N) is 2. The van der Waals surface area contributed by atoms with Crippen molar-refractivity contribution in [3.05, 3.63) is 35.9 Å². The van der Waals surface area contributed by atoms with Gasteiger partial charge in [-0.05, 0) is 24.3 Å². The van der Waals surface area contributed by atoms with Gasteiger partial charge in [0.1, 0.15) is 0 Å². The maximum Gasteiger partial charge on any atom is 0.317 e. The van der Waals surface area contributed by atoms with Crippen molar-refractivity contribution in [2.75, 3.05) is 58.6 Å². The Morgan fingerprint density at radius 1 is 0.968 bits per heavy atom. The summed E-state index contributed by atoms with van der Waals surface area (Å²) < 4.78 is 24.7. The first kappa shape index (κ1) is 23.5. The Labute approximate surface area is 184 Å². The van der Waals surface area contributed by atoms with E-state index in [9.17, 15) is 18.0 Å². The van der Waals surface area contributed by atoms with Crippen LogP contribution in [0.3, 0.4) is 0 Å². The van der Waals surface area contributed by atoms with Gasteiger partial charge in [-0.15, -0.1) is 0 Å². The van der Waals surface area contributed by atoms with Crippen molar-refractivity contribution in [3.63, 3.8) is 0 Å². The van der Waals surface area contributed by atoms with E-state index in [0.29, 0.717) is 64.8 Å². The minimum atomic E-state index is -3.13. The third-order valence-electron chi connectivity index (χ3n) is 5.94. The van der Waals surface area contributed by atoms with Crippen molar-refractivity contribution >= 4 is 22.0 Å². The number of hydrogen-bond donors (Lipinski definition) is 2. The minimum Gasteiger partial charge on any atom is -0.351 e. The standard InChI is InChI=1S/C21H33N5O4S/c1-31(29,30)26-9-7-19(8-10-26)16-23-21(28)25-13-11-24(12-14-25)17-20(27)22-15-18-5-3-2-4-6-18/h2-6,19H,7-17H2,1H3,(H,22,27)(H,23,28). The summed E-state index contributed by atoms with van der Waals surface area (Å²) in [7, 11) is -3.13. The first-order valence-corrected chi connectivity index (χ1v) is 12.7. The van der Waals surface area contributed by atoms with Gasteiger partial charge in [0.05, 0.1) is 12.8 Å². The van der Waals surface area contributed by atoms with Gasteiger partial charge in [0, 0.05) is 52.4 Å². The number of benzene rings is 1. The monoisotopic (exact) mass is 451 g/mol. The molecule has 0 atom stereocenters. The van der Waals surface area contributed by atoms with Gasteiger partial charge >= 0.3 is 6.03 Å². The van der Waals surface area contributed by atoms with Crippen LogP contribution in [0.25, 0.3) is 0 Å². The maximum atomic E-state index is 12.5. The number of carbonyl (C=O) groups excluding carboxylic acids is 2. The molecule has 2 aliphatic rings. The van der Waals surface area contributed by atoms with Crippen LogP contribution >= 0.6 is 0 Å². The quantitative estimate of drug-likeness (QED) is 0.621. The summed E-state index contributed by atoms with van der Waals surface area (Å²) in [6.07, 6.45) is 2.76. The van der Waals surface area contributed by atoms with E-state index in [-0.39, 0.29) is 11.9 Å². The van der Waals surface area contributed by atoms with Crippen LogP contribution in [0.1, 0.15) is 18.4 Å². The smallest absolute Gasteiger partial charge is 0.317 e. The van der Waals surface area contributed by atoms with Crippen LogP contribution in [-0.4, -0.2) is 93.1 Å². The molecule has 0 bridgehead atoms. The van der Waals surface area contributed by atoms with E-state index in [0.717, 1.165) is 18.4 Å². The summed E-state index contributed by atoms with van der Waals surface area (Å²) >= 11 is 0. The summed E-state index contributed by atoms with van der Waals surface area (Å²) in [5.74, 6) is 0.290. The minimum absolute atomic E-state index is 0.0119. The van der Waals surface area contributed by atoms with Crippen LogP contribution in [0.15, 0.2) is 30.3 Å². The molecule has 2 saturated heterocycles. The average molecular weight is 452 g/mol. The van der Waals surface area contributed by atoms with E-state index >= 15 is 0 Å². The molecule has 1 aromatic carbocycles. The summed E-state index contributed by atoms with van der Waals surface area (Å²) in [6.45, 7) is 4.96. The Balaban J connectivity index is 1.30. The van der Waals surface area contributed by atoms with Gasteiger partial charge < -0.3 is 15.5 Å². The zero-order valence-electron chi connectivity index (χ0n) is 18.1. The zero-order valence-corrected chi connectivity index (χ0v) is 18.9. The van der Waals surface area contributed by atoms with Crippen molar-refractivity contribution in [3.8, 4) is 0 Å². The molecular weight excluding hydrogens is 418 g/mol. The highest BCUT2D eigenvalue weighted by atomic mass is 32.2. The van der Waals surface area contributed by atoms with Gasteiger partial charge in [-0.2, -0.15) is 0 Å². The largest absolute Gasteiger partial charge is 0.351 e. The lowest BCUT2D eigenvalue weighted by molar-refractivity contribution is -0.122. The molecule has 2 aliphatic heterocycles. The predicted molar refractivity (Wildman–Crippen MR) is 119 cm³/mol. The van der Waals surface area contributed by atoms with E-state index in [1.165, 1.54) is 10.6 Å². The Kier molecular flexibility index (Phi) is 8.28. The van der Waals surface area contributed by atoms with Crippen molar-refractivity contribution in [1.29, 1.82) is 0 Å². The number of carbonyl (C=O) groups is 2. The van der Waals surface area contributed by atoms with E-state index in [1.807, 2.05) is 30.3 Å². The van der Waals surface area contributed by atoms with E-state index in [1.54, 1.807) is 4.90 Å². The molecular formula is C21H33N5O4S. The summed E-state index contributed by atoms with van der Waals surface area (Å²) in [6, 6.07) is 9.72. The SMILES string of the molecule is CS(=O)(=O)N1CCC(CNC(=O)N2CCN(CC(=O)NCc3ccccc3)CC2)CC1. The van der Waals surface area contributed by atoms with Crippen LogP contribution in [0, 0.1) is 5.92 Å². The number of urea groups is 1. The van der Waals surface area contributed by atoms with Crippen LogP contribution in [0.4, 0.5) is 4.79 Å². The third kappa shape index (κ3) is 7.48. The van der Waals surface area contributed by atoms with Crippen molar-refractivity contribution in [2.45, 2.75) is 19.4 Å². The number of piperidine rings is 1. The van der Waals surface area contributed by atoms with Gasteiger partial charge in [-0.3, -0.25) is 9.69 Å². The fraction of sp³-hybridized carbons (Fsp3) is 0.619. The highest BCUT2D eigenvalue weighted by molar-refractivity contribution is 7.88.